The summed E-state index contributed by atoms with van der Waals surface area (Å²) in [6.45, 7) is 5.67. The molecule has 0 spiro atoms. The van der Waals surface area contributed by atoms with Crippen molar-refractivity contribution in [2.45, 2.75) is 24.7 Å². The van der Waals surface area contributed by atoms with Gasteiger partial charge in [-0.05, 0) is 36.6 Å². The standard InChI is InChI=1S/C14H20BrNO/c1-11-6-7-16(10-14(11)15)9-12-4-3-5-13(8-12)17-2/h3-5,8,11,14H,6-7,9-10H2,1-2H3. The second-order valence-corrected chi connectivity index (χ2v) is 6.04. The van der Waals surface area contributed by atoms with Crippen molar-refractivity contribution in [2.24, 2.45) is 5.92 Å². The molecule has 2 atom stereocenters. The molecular weight excluding hydrogens is 278 g/mol. The molecule has 17 heavy (non-hydrogen) atoms. The van der Waals surface area contributed by atoms with Gasteiger partial charge in [0.05, 0.1) is 7.11 Å². The Labute approximate surface area is 112 Å². The molecule has 94 valence electrons. The van der Waals surface area contributed by atoms with E-state index >= 15 is 0 Å². The van der Waals surface area contributed by atoms with E-state index in [4.69, 9.17) is 4.74 Å². The lowest BCUT2D eigenvalue weighted by Gasteiger charge is -2.34. The molecule has 2 nitrogen and oxygen atoms in total. The Balaban J connectivity index is 1.96. The third-order valence-electron chi connectivity index (χ3n) is 3.49. The topological polar surface area (TPSA) is 12.5 Å². The van der Waals surface area contributed by atoms with Crippen molar-refractivity contribution in [1.29, 1.82) is 0 Å². The quantitative estimate of drug-likeness (QED) is 0.794. The average Bonchev–Trinajstić information content (AvgIpc) is 2.34. The summed E-state index contributed by atoms with van der Waals surface area (Å²) >= 11 is 3.77. The number of halogens is 1. The Bertz CT molecular complexity index is 369. The summed E-state index contributed by atoms with van der Waals surface area (Å²) in [7, 11) is 1.72. The zero-order valence-electron chi connectivity index (χ0n) is 10.5. The molecule has 1 fully saturated rings. The maximum absolute atomic E-state index is 5.25. The minimum Gasteiger partial charge on any atom is -0.497 e. The molecule has 0 N–H and O–H groups in total. The molecule has 1 aromatic carbocycles. The van der Waals surface area contributed by atoms with E-state index in [0.29, 0.717) is 4.83 Å². The predicted molar refractivity (Wildman–Crippen MR) is 74.8 cm³/mol. The summed E-state index contributed by atoms with van der Waals surface area (Å²) in [5.41, 5.74) is 1.33. The van der Waals surface area contributed by atoms with Crippen LogP contribution >= 0.6 is 15.9 Å². The van der Waals surface area contributed by atoms with Crippen LogP contribution in [0.3, 0.4) is 0 Å². The van der Waals surface area contributed by atoms with E-state index < -0.39 is 0 Å². The molecule has 3 heteroatoms. The minimum atomic E-state index is 0.627. The molecule has 1 aromatic rings. The number of piperidine rings is 1. The van der Waals surface area contributed by atoms with Gasteiger partial charge >= 0.3 is 0 Å². The molecule has 2 rings (SSSR count). The van der Waals surface area contributed by atoms with Crippen molar-refractivity contribution in [2.75, 3.05) is 20.2 Å². The van der Waals surface area contributed by atoms with Crippen LogP contribution in [-0.4, -0.2) is 29.9 Å². The van der Waals surface area contributed by atoms with E-state index in [0.717, 1.165) is 24.8 Å². The molecule has 0 amide bonds. The molecule has 1 heterocycles. The monoisotopic (exact) mass is 297 g/mol. The van der Waals surface area contributed by atoms with Gasteiger partial charge in [0.1, 0.15) is 5.75 Å². The van der Waals surface area contributed by atoms with Gasteiger partial charge in [-0.1, -0.05) is 35.0 Å². The van der Waals surface area contributed by atoms with Crippen molar-refractivity contribution in [3.05, 3.63) is 29.8 Å². The highest BCUT2D eigenvalue weighted by Crippen LogP contribution is 2.25. The number of methoxy groups -OCH3 is 1. The average molecular weight is 298 g/mol. The first-order valence-corrected chi connectivity index (χ1v) is 7.10. The Kier molecular flexibility index (Phi) is 4.46. The summed E-state index contributed by atoms with van der Waals surface area (Å²) in [6.07, 6.45) is 1.28. The highest BCUT2D eigenvalue weighted by atomic mass is 79.9. The van der Waals surface area contributed by atoms with Gasteiger partial charge in [0.2, 0.25) is 0 Å². The highest BCUT2D eigenvalue weighted by molar-refractivity contribution is 9.09. The Morgan fingerprint density at radius 3 is 3.00 bits per heavy atom. The van der Waals surface area contributed by atoms with Gasteiger partial charge in [0.25, 0.3) is 0 Å². The van der Waals surface area contributed by atoms with Crippen LogP contribution in [0.1, 0.15) is 18.9 Å². The molecule has 0 bridgehead atoms. The van der Waals surface area contributed by atoms with Crippen LogP contribution in [0.25, 0.3) is 0 Å². The molecular formula is C14H20BrNO. The zero-order valence-corrected chi connectivity index (χ0v) is 12.1. The second kappa shape index (κ2) is 5.87. The molecule has 2 unspecified atom stereocenters. The minimum absolute atomic E-state index is 0.627. The Morgan fingerprint density at radius 1 is 1.47 bits per heavy atom. The van der Waals surface area contributed by atoms with E-state index in [1.54, 1.807) is 7.11 Å². The lowest BCUT2D eigenvalue weighted by atomic mass is 9.98. The van der Waals surface area contributed by atoms with Crippen LogP contribution in [0.15, 0.2) is 24.3 Å². The van der Waals surface area contributed by atoms with E-state index in [1.807, 2.05) is 6.07 Å². The highest BCUT2D eigenvalue weighted by Gasteiger charge is 2.23. The van der Waals surface area contributed by atoms with Crippen LogP contribution in [-0.2, 0) is 6.54 Å². The molecule has 1 aliphatic heterocycles. The van der Waals surface area contributed by atoms with Crippen LogP contribution < -0.4 is 4.74 Å². The number of likely N-dealkylation sites (tertiary alicyclic amines) is 1. The van der Waals surface area contributed by atoms with E-state index in [2.05, 4.69) is 46.0 Å². The van der Waals surface area contributed by atoms with Crippen molar-refractivity contribution in [3.8, 4) is 5.75 Å². The van der Waals surface area contributed by atoms with Crippen LogP contribution in [0, 0.1) is 5.92 Å². The summed E-state index contributed by atoms with van der Waals surface area (Å²) in [5, 5.41) is 0. The van der Waals surface area contributed by atoms with Crippen molar-refractivity contribution >= 4 is 15.9 Å². The van der Waals surface area contributed by atoms with E-state index in [9.17, 15) is 0 Å². The second-order valence-electron chi connectivity index (χ2n) is 4.87. The van der Waals surface area contributed by atoms with Gasteiger partial charge in [0, 0.05) is 17.9 Å². The largest absolute Gasteiger partial charge is 0.497 e. The van der Waals surface area contributed by atoms with Gasteiger partial charge in [0.15, 0.2) is 0 Å². The van der Waals surface area contributed by atoms with Crippen LogP contribution in [0.4, 0.5) is 0 Å². The lowest BCUT2D eigenvalue weighted by Crippen LogP contribution is -2.39. The summed E-state index contributed by atoms with van der Waals surface area (Å²) in [6, 6.07) is 8.35. The van der Waals surface area contributed by atoms with E-state index in [1.165, 1.54) is 18.5 Å². The van der Waals surface area contributed by atoms with Gasteiger partial charge in [-0.25, -0.2) is 0 Å². The molecule has 0 radical (unpaired) electrons. The summed E-state index contributed by atoms with van der Waals surface area (Å²) < 4.78 is 5.25. The molecule has 0 aliphatic carbocycles. The maximum atomic E-state index is 5.25. The summed E-state index contributed by atoms with van der Waals surface area (Å²) in [5.74, 6) is 1.74. The van der Waals surface area contributed by atoms with Crippen LogP contribution in [0.2, 0.25) is 0 Å². The smallest absolute Gasteiger partial charge is 0.119 e. The molecule has 1 aliphatic rings. The lowest BCUT2D eigenvalue weighted by molar-refractivity contribution is 0.194. The number of hydrogen-bond donors (Lipinski definition) is 0. The number of nitrogens with zero attached hydrogens (tertiary/aromatic N) is 1. The maximum Gasteiger partial charge on any atom is 0.119 e. The van der Waals surface area contributed by atoms with Crippen molar-refractivity contribution in [3.63, 3.8) is 0 Å². The third-order valence-corrected chi connectivity index (χ3v) is 4.68. The normalized spacial score (nSPS) is 25.8. The first kappa shape index (κ1) is 12.9. The van der Waals surface area contributed by atoms with Gasteiger partial charge < -0.3 is 4.74 Å². The van der Waals surface area contributed by atoms with Gasteiger partial charge in [-0.15, -0.1) is 0 Å². The molecule has 0 saturated carbocycles. The molecule has 0 aromatic heterocycles. The number of benzene rings is 1. The number of rotatable bonds is 3. The summed E-state index contributed by atoms with van der Waals surface area (Å²) in [4.78, 5) is 3.13. The molecule has 1 saturated heterocycles. The predicted octanol–water partition coefficient (Wildman–Crippen LogP) is 3.30. The number of hydrogen-bond acceptors (Lipinski definition) is 2. The van der Waals surface area contributed by atoms with Crippen LogP contribution in [0.5, 0.6) is 5.75 Å². The Morgan fingerprint density at radius 2 is 2.29 bits per heavy atom. The first-order chi connectivity index (χ1) is 8.19. The van der Waals surface area contributed by atoms with Gasteiger partial charge in [-0.2, -0.15) is 0 Å². The van der Waals surface area contributed by atoms with E-state index in [-0.39, 0.29) is 0 Å². The van der Waals surface area contributed by atoms with Gasteiger partial charge in [-0.3, -0.25) is 4.90 Å². The SMILES string of the molecule is COc1cccc(CN2CCC(C)C(Br)C2)c1. The van der Waals surface area contributed by atoms with Crippen molar-refractivity contribution in [1.82, 2.24) is 4.90 Å². The fourth-order valence-electron chi connectivity index (χ4n) is 2.26. The first-order valence-electron chi connectivity index (χ1n) is 6.18. The fourth-order valence-corrected chi connectivity index (χ4v) is 2.93. The number of alkyl halides is 1. The van der Waals surface area contributed by atoms with Crippen molar-refractivity contribution < 1.29 is 4.74 Å². The Hall–Kier alpha value is -0.540. The fraction of sp³-hybridized carbons (Fsp3) is 0.571. The zero-order chi connectivity index (χ0) is 12.3. The third kappa shape index (κ3) is 3.46. The number of ether oxygens (including phenoxy) is 1.